The summed E-state index contributed by atoms with van der Waals surface area (Å²) >= 11 is 0. The highest BCUT2D eigenvalue weighted by Crippen LogP contribution is 2.37. The average Bonchev–Trinajstić information content (AvgIpc) is 2.83. The number of hydrogen-bond donors (Lipinski definition) is 2. The number of aliphatic hydroxyl groups is 2. The standard InChI is InChI=1S/C25H31NO9/c1-8-12-32-21-15-10-11-16(13(3)20(15)34-23(29)17(21)14(4)26-31-7)33-24-19(28)18(27)22(30-6)25(5,9-2)35-24/h8-11,18-19,22,24,27-28H,1-2,12H2,3-7H3/b26-14-/t18-,19+,22+,24?,25-/m0/s1. The van der Waals surface area contributed by atoms with Crippen molar-refractivity contribution in [3.63, 3.8) is 0 Å². The fraction of sp³-hybridized carbons (Fsp3) is 0.440. The smallest absolute Gasteiger partial charge is 0.349 e. The number of hydrogen-bond acceptors (Lipinski definition) is 10. The zero-order valence-corrected chi connectivity index (χ0v) is 20.4. The molecule has 190 valence electrons. The summed E-state index contributed by atoms with van der Waals surface area (Å²) in [6.45, 7) is 12.5. The predicted octanol–water partition coefficient (Wildman–Crippen LogP) is 2.45. The average molecular weight is 490 g/mol. The van der Waals surface area contributed by atoms with Crippen LogP contribution in [0.25, 0.3) is 11.0 Å². The van der Waals surface area contributed by atoms with E-state index in [1.54, 1.807) is 39.0 Å². The lowest BCUT2D eigenvalue weighted by Crippen LogP contribution is -2.64. The Kier molecular flexibility index (Phi) is 8.01. The fourth-order valence-corrected chi connectivity index (χ4v) is 4.09. The number of oxime groups is 1. The van der Waals surface area contributed by atoms with Crippen LogP contribution in [0, 0.1) is 6.92 Å². The van der Waals surface area contributed by atoms with Gasteiger partial charge in [0.1, 0.15) is 60.3 Å². The first kappa shape index (κ1) is 26.4. The van der Waals surface area contributed by atoms with Crippen LogP contribution in [0.2, 0.25) is 0 Å². The van der Waals surface area contributed by atoms with Crippen LogP contribution in [0.1, 0.15) is 25.0 Å². The number of aryl methyl sites for hydroxylation is 1. The molecule has 10 heteroatoms. The molecule has 2 heterocycles. The zero-order valence-electron chi connectivity index (χ0n) is 20.4. The van der Waals surface area contributed by atoms with E-state index in [1.807, 2.05) is 0 Å². The van der Waals surface area contributed by atoms with Crippen molar-refractivity contribution in [3.8, 4) is 11.5 Å². The molecule has 2 aromatic rings. The van der Waals surface area contributed by atoms with Gasteiger partial charge in [0.2, 0.25) is 6.29 Å². The van der Waals surface area contributed by atoms with Crippen LogP contribution in [0.15, 0.2) is 51.8 Å². The highest BCUT2D eigenvalue weighted by molar-refractivity contribution is 6.05. The SMILES string of the molecule is C=CCOc1c(/C(C)=N\OC)c(=O)oc2c(C)c(OC3O[C@@](C)(C=C)[C@H](OC)[C@@H](O)[C@H]3O)ccc12. The van der Waals surface area contributed by atoms with Crippen molar-refractivity contribution in [2.45, 2.75) is 51.0 Å². The molecule has 0 aliphatic carbocycles. The lowest BCUT2D eigenvalue weighted by Gasteiger charge is -2.46. The Hall–Kier alpha value is -3.18. The molecule has 0 spiro atoms. The number of aliphatic hydroxyl groups excluding tert-OH is 2. The second kappa shape index (κ2) is 10.6. The van der Waals surface area contributed by atoms with Gasteiger partial charge in [0.15, 0.2) is 0 Å². The number of rotatable bonds is 9. The van der Waals surface area contributed by atoms with Crippen LogP contribution in [-0.2, 0) is 14.3 Å². The van der Waals surface area contributed by atoms with Crippen molar-refractivity contribution in [1.29, 1.82) is 0 Å². The van der Waals surface area contributed by atoms with Gasteiger partial charge in [-0.25, -0.2) is 4.79 Å². The summed E-state index contributed by atoms with van der Waals surface area (Å²) in [6.07, 6.45) is -1.80. The first-order chi connectivity index (χ1) is 16.6. The van der Waals surface area contributed by atoms with Crippen molar-refractivity contribution >= 4 is 16.7 Å². The second-order valence-electron chi connectivity index (χ2n) is 8.25. The third kappa shape index (κ3) is 4.83. The molecule has 3 rings (SSSR count). The Labute approximate surface area is 203 Å². The maximum atomic E-state index is 12.9. The molecule has 0 saturated carbocycles. The van der Waals surface area contributed by atoms with Gasteiger partial charge >= 0.3 is 5.63 Å². The first-order valence-electron chi connectivity index (χ1n) is 10.9. The van der Waals surface area contributed by atoms with Gasteiger partial charge in [-0.1, -0.05) is 23.9 Å². The van der Waals surface area contributed by atoms with Crippen LogP contribution in [0.3, 0.4) is 0 Å². The molecule has 1 aromatic carbocycles. The minimum absolute atomic E-state index is 0.121. The largest absolute Gasteiger partial charge is 0.488 e. The second-order valence-corrected chi connectivity index (χ2v) is 8.25. The molecule has 5 atom stereocenters. The van der Waals surface area contributed by atoms with Crippen LogP contribution in [0.5, 0.6) is 11.5 Å². The first-order valence-corrected chi connectivity index (χ1v) is 10.9. The molecule has 1 aromatic heterocycles. The summed E-state index contributed by atoms with van der Waals surface area (Å²) in [4.78, 5) is 17.7. The number of ether oxygens (including phenoxy) is 4. The van der Waals surface area contributed by atoms with Crippen molar-refractivity contribution in [2.24, 2.45) is 5.16 Å². The molecule has 0 amide bonds. The summed E-state index contributed by atoms with van der Waals surface area (Å²) in [5.41, 5.74) is -0.737. The van der Waals surface area contributed by atoms with E-state index in [0.29, 0.717) is 10.9 Å². The van der Waals surface area contributed by atoms with E-state index in [-0.39, 0.29) is 35.0 Å². The van der Waals surface area contributed by atoms with Crippen molar-refractivity contribution in [1.82, 2.24) is 0 Å². The van der Waals surface area contributed by atoms with Crippen molar-refractivity contribution in [3.05, 3.63) is 59.0 Å². The normalized spacial score (nSPS) is 26.9. The molecular formula is C25H31NO9. The molecule has 1 aliphatic heterocycles. The molecule has 10 nitrogen and oxygen atoms in total. The minimum atomic E-state index is -1.42. The van der Waals surface area contributed by atoms with Crippen molar-refractivity contribution < 1.29 is 38.4 Å². The Morgan fingerprint density at radius 3 is 2.57 bits per heavy atom. The molecule has 1 saturated heterocycles. The topological polar surface area (TPSA) is 129 Å². The van der Waals surface area contributed by atoms with Crippen LogP contribution >= 0.6 is 0 Å². The van der Waals surface area contributed by atoms with Gasteiger partial charge in [-0.15, -0.1) is 6.58 Å². The monoisotopic (exact) mass is 489 g/mol. The van der Waals surface area contributed by atoms with Crippen LogP contribution in [0.4, 0.5) is 0 Å². The third-order valence-corrected chi connectivity index (χ3v) is 5.94. The minimum Gasteiger partial charge on any atom is -0.488 e. The number of fused-ring (bicyclic) bond motifs is 1. The number of nitrogens with zero attached hydrogens (tertiary/aromatic N) is 1. The van der Waals surface area contributed by atoms with Gasteiger partial charge in [0.25, 0.3) is 0 Å². The summed E-state index contributed by atoms with van der Waals surface area (Å²) in [7, 11) is 2.77. The summed E-state index contributed by atoms with van der Waals surface area (Å²) in [5, 5.41) is 25.5. The molecule has 1 unspecified atom stereocenters. The lowest BCUT2D eigenvalue weighted by atomic mass is 9.88. The van der Waals surface area contributed by atoms with E-state index in [1.165, 1.54) is 20.3 Å². The highest BCUT2D eigenvalue weighted by atomic mass is 16.7. The van der Waals surface area contributed by atoms with Gasteiger partial charge in [0, 0.05) is 12.7 Å². The predicted molar refractivity (Wildman–Crippen MR) is 129 cm³/mol. The van der Waals surface area contributed by atoms with Gasteiger partial charge in [-0.2, -0.15) is 0 Å². The molecule has 1 fully saturated rings. The lowest BCUT2D eigenvalue weighted by molar-refractivity contribution is -0.297. The van der Waals surface area contributed by atoms with Crippen LogP contribution < -0.4 is 15.1 Å². The molecule has 35 heavy (non-hydrogen) atoms. The summed E-state index contributed by atoms with van der Waals surface area (Å²) in [6, 6.07) is 3.28. The fourth-order valence-electron chi connectivity index (χ4n) is 4.09. The van der Waals surface area contributed by atoms with Gasteiger partial charge in [-0.3, -0.25) is 0 Å². The Morgan fingerprint density at radius 1 is 1.26 bits per heavy atom. The molecule has 0 bridgehead atoms. The van der Waals surface area contributed by atoms with Gasteiger partial charge < -0.3 is 38.4 Å². The molecule has 1 aliphatic rings. The van der Waals surface area contributed by atoms with Crippen LogP contribution in [-0.4, -0.2) is 67.0 Å². The van der Waals surface area contributed by atoms with E-state index in [4.69, 9.17) is 28.2 Å². The zero-order chi connectivity index (χ0) is 25.9. The summed E-state index contributed by atoms with van der Waals surface area (Å²) < 4.78 is 28.6. The molecular weight excluding hydrogens is 458 g/mol. The number of methoxy groups -OCH3 is 1. The van der Waals surface area contributed by atoms with Gasteiger partial charge in [-0.05, 0) is 32.9 Å². The highest BCUT2D eigenvalue weighted by Gasteiger charge is 2.51. The van der Waals surface area contributed by atoms with Gasteiger partial charge in [0.05, 0.1) is 11.1 Å². The van der Waals surface area contributed by atoms with E-state index in [9.17, 15) is 15.0 Å². The third-order valence-electron chi connectivity index (χ3n) is 5.94. The van der Waals surface area contributed by atoms with E-state index >= 15 is 0 Å². The summed E-state index contributed by atoms with van der Waals surface area (Å²) in [5.74, 6) is 0.527. The number of benzene rings is 1. The maximum absolute atomic E-state index is 12.9. The van der Waals surface area contributed by atoms with Crippen molar-refractivity contribution in [2.75, 3.05) is 20.8 Å². The Bertz CT molecular complexity index is 1190. The molecule has 0 radical (unpaired) electrons. The molecule has 2 N–H and O–H groups in total. The van der Waals surface area contributed by atoms with E-state index < -0.39 is 35.8 Å². The maximum Gasteiger partial charge on any atom is 0.349 e. The van der Waals surface area contributed by atoms with E-state index in [0.717, 1.165) is 0 Å². The quantitative estimate of drug-likeness (QED) is 0.236. The van der Waals surface area contributed by atoms with E-state index in [2.05, 4.69) is 18.3 Å². The Morgan fingerprint density at radius 2 is 1.97 bits per heavy atom. The Balaban J connectivity index is 2.09.